The van der Waals surface area contributed by atoms with Gasteiger partial charge in [-0.15, -0.1) is 11.3 Å². The van der Waals surface area contributed by atoms with Crippen LogP contribution < -0.4 is 5.32 Å². The fourth-order valence-electron chi connectivity index (χ4n) is 2.21. The Hall–Kier alpha value is -0.540. The highest BCUT2D eigenvalue weighted by Crippen LogP contribution is 2.29. The minimum absolute atomic E-state index is 0.279. The van der Waals surface area contributed by atoms with Gasteiger partial charge in [0.2, 0.25) is 0 Å². The summed E-state index contributed by atoms with van der Waals surface area (Å²) in [5.41, 5.74) is 1.14. The maximum Gasteiger partial charge on any atom is 0.0468 e. The largest absolute Gasteiger partial charge is 0.310 e. The van der Waals surface area contributed by atoms with Crippen molar-refractivity contribution in [2.24, 2.45) is 0 Å². The molecule has 1 N–H and O–H groups in total. The summed E-state index contributed by atoms with van der Waals surface area (Å²) in [6.07, 6.45) is 3.22. The molecule has 1 heterocycles. The first-order valence-electron chi connectivity index (χ1n) is 6.91. The standard InChI is InChI=1S/C16H19Cl2NS/c1-2-9-19-16(8-6-13-4-3-10-20-13)14-7-5-12(17)11-15(14)18/h3-5,7,10-11,16,19H,2,6,8-9H2,1H3. The van der Waals surface area contributed by atoms with Gasteiger partial charge in [-0.05, 0) is 54.9 Å². The van der Waals surface area contributed by atoms with E-state index in [0.29, 0.717) is 5.02 Å². The molecule has 108 valence electrons. The van der Waals surface area contributed by atoms with Gasteiger partial charge < -0.3 is 5.32 Å². The summed E-state index contributed by atoms with van der Waals surface area (Å²) in [5.74, 6) is 0. The van der Waals surface area contributed by atoms with Crippen LogP contribution >= 0.6 is 34.5 Å². The molecule has 0 aliphatic carbocycles. The summed E-state index contributed by atoms with van der Waals surface area (Å²) in [5, 5.41) is 7.14. The molecule has 1 atom stereocenters. The third kappa shape index (κ3) is 4.49. The van der Waals surface area contributed by atoms with E-state index >= 15 is 0 Å². The molecule has 2 aromatic rings. The maximum atomic E-state index is 6.34. The van der Waals surface area contributed by atoms with Crippen LogP contribution in [-0.2, 0) is 6.42 Å². The molecular formula is C16H19Cl2NS. The number of halogens is 2. The lowest BCUT2D eigenvalue weighted by Gasteiger charge is -2.20. The van der Waals surface area contributed by atoms with Gasteiger partial charge in [0.1, 0.15) is 0 Å². The lowest BCUT2D eigenvalue weighted by molar-refractivity contribution is 0.501. The van der Waals surface area contributed by atoms with Crippen LogP contribution in [0.2, 0.25) is 10.0 Å². The van der Waals surface area contributed by atoms with Crippen LogP contribution in [-0.4, -0.2) is 6.54 Å². The highest BCUT2D eigenvalue weighted by molar-refractivity contribution is 7.09. The van der Waals surface area contributed by atoms with Gasteiger partial charge in [-0.3, -0.25) is 0 Å². The van der Waals surface area contributed by atoms with E-state index in [0.717, 1.165) is 36.4 Å². The topological polar surface area (TPSA) is 12.0 Å². The van der Waals surface area contributed by atoms with Crippen LogP contribution in [0.25, 0.3) is 0 Å². The molecule has 0 fully saturated rings. The van der Waals surface area contributed by atoms with E-state index in [2.05, 4.69) is 29.8 Å². The zero-order chi connectivity index (χ0) is 14.4. The smallest absolute Gasteiger partial charge is 0.0468 e. The molecule has 2 rings (SSSR count). The van der Waals surface area contributed by atoms with E-state index in [1.54, 1.807) is 0 Å². The van der Waals surface area contributed by atoms with E-state index in [9.17, 15) is 0 Å². The van der Waals surface area contributed by atoms with E-state index in [1.807, 2.05) is 29.5 Å². The minimum Gasteiger partial charge on any atom is -0.310 e. The Labute approximate surface area is 134 Å². The molecule has 0 spiro atoms. The molecule has 0 saturated heterocycles. The highest BCUT2D eigenvalue weighted by Gasteiger charge is 2.14. The number of nitrogens with one attached hydrogen (secondary N) is 1. The highest BCUT2D eigenvalue weighted by atomic mass is 35.5. The van der Waals surface area contributed by atoms with Gasteiger partial charge in [0.15, 0.2) is 0 Å². The number of hydrogen-bond donors (Lipinski definition) is 1. The molecule has 0 bridgehead atoms. The van der Waals surface area contributed by atoms with Crippen molar-refractivity contribution in [2.45, 2.75) is 32.2 Å². The molecule has 20 heavy (non-hydrogen) atoms. The summed E-state index contributed by atoms with van der Waals surface area (Å²) in [7, 11) is 0. The molecule has 0 saturated carbocycles. The fraction of sp³-hybridized carbons (Fsp3) is 0.375. The Kier molecular flexibility index (Phi) is 6.37. The number of benzene rings is 1. The summed E-state index contributed by atoms with van der Waals surface area (Å²) < 4.78 is 0. The van der Waals surface area contributed by atoms with E-state index in [4.69, 9.17) is 23.2 Å². The van der Waals surface area contributed by atoms with E-state index < -0.39 is 0 Å². The number of aryl methyl sites for hydroxylation is 1. The van der Waals surface area contributed by atoms with Crippen molar-refractivity contribution in [1.29, 1.82) is 0 Å². The van der Waals surface area contributed by atoms with Crippen LogP contribution in [0, 0.1) is 0 Å². The number of thiophene rings is 1. The van der Waals surface area contributed by atoms with E-state index in [1.165, 1.54) is 4.88 Å². The first-order valence-corrected chi connectivity index (χ1v) is 8.55. The van der Waals surface area contributed by atoms with Crippen molar-refractivity contribution >= 4 is 34.5 Å². The summed E-state index contributed by atoms with van der Waals surface area (Å²) in [6.45, 7) is 3.17. The zero-order valence-corrected chi connectivity index (χ0v) is 13.9. The SMILES string of the molecule is CCCNC(CCc1cccs1)c1ccc(Cl)cc1Cl. The molecule has 0 aliphatic rings. The first-order chi connectivity index (χ1) is 9.70. The summed E-state index contributed by atoms with van der Waals surface area (Å²) in [6, 6.07) is 10.3. The summed E-state index contributed by atoms with van der Waals surface area (Å²) >= 11 is 14.1. The van der Waals surface area contributed by atoms with Gasteiger partial charge >= 0.3 is 0 Å². The zero-order valence-electron chi connectivity index (χ0n) is 11.5. The van der Waals surface area contributed by atoms with Gasteiger partial charge in [0, 0.05) is 21.0 Å². The molecular weight excluding hydrogens is 309 g/mol. The van der Waals surface area contributed by atoms with Crippen molar-refractivity contribution in [2.75, 3.05) is 6.54 Å². The third-order valence-corrected chi connectivity index (χ3v) is 4.74. The predicted molar refractivity (Wildman–Crippen MR) is 90.1 cm³/mol. The van der Waals surface area contributed by atoms with Crippen LogP contribution in [0.1, 0.15) is 36.2 Å². The molecule has 1 aromatic heterocycles. The van der Waals surface area contributed by atoms with Crippen molar-refractivity contribution in [3.8, 4) is 0 Å². The van der Waals surface area contributed by atoms with Crippen molar-refractivity contribution in [3.63, 3.8) is 0 Å². The molecule has 1 nitrogen and oxygen atoms in total. The summed E-state index contributed by atoms with van der Waals surface area (Å²) in [4.78, 5) is 1.42. The Balaban J connectivity index is 2.09. The fourth-order valence-corrected chi connectivity index (χ4v) is 3.48. The molecule has 4 heteroatoms. The molecule has 0 radical (unpaired) electrons. The molecule has 0 amide bonds. The van der Waals surface area contributed by atoms with Gasteiger partial charge in [-0.25, -0.2) is 0 Å². The van der Waals surface area contributed by atoms with Crippen LogP contribution in [0.4, 0.5) is 0 Å². The second-order valence-electron chi connectivity index (χ2n) is 4.79. The minimum atomic E-state index is 0.279. The number of rotatable bonds is 7. The lowest BCUT2D eigenvalue weighted by Crippen LogP contribution is -2.23. The Morgan fingerprint density at radius 3 is 2.75 bits per heavy atom. The monoisotopic (exact) mass is 327 g/mol. The van der Waals surface area contributed by atoms with Gasteiger partial charge in [0.05, 0.1) is 0 Å². The normalized spacial score (nSPS) is 12.6. The second kappa shape index (κ2) is 8.04. The Morgan fingerprint density at radius 1 is 1.25 bits per heavy atom. The predicted octanol–water partition coefficient (Wildman–Crippen LogP) is 5.73. The van der Waals surface area contributed by atoms with Gasteiger partial charge in [-0.2, -0.15) is 0 Å². The molecule has 0 aliphatic heterocycles. The van der Waals surface area contributed by atoms with Crippen LogP contribution in [0.5, 0.6) is 0 Å². The lowest BCUT2D eigenvalue weighted by atomic mass is 10.0. The van der Waals surface area contributed by atoms with Gasteiger partial charge in [0.25, 0.3) is 0 Å². The Bertz CT molecular complexity index is 525. The number of hydrogen-bond acceptors (Lipinski definition) is 2. The first kappa shape index (κ1) is 15.8. The molecule has 1 unspecified atom stereocenters. The third-order valence-electron chi connectivity index (χ3n) is 3.24. The van der Waals surface area contributed by atoms with Crippen LogP contribution in [0.3, 0.4) is 0 Å². The van der Waals surface area contributed by atoms with E-state index in [-0.39, 0.29) is 6.04 Å². The van der Waals surface area contributed by atoms with Gasteiger partial charge in [-0.1, -0.05) is 42.3 Å². The maximum absolute atomic E-state index is 6.34. The van der Waals surface area contributed by atoms with Crippen LogP contribution in [0.15, 0.2) is 35.7 Å². The van der Waals surface area contributed by atoms with Crippen molar-refractivity contribution in [1.82, 2.24) is 5.32 Å². The average Bonchev–Trinajstić information content (AvgIpc) is 2.93. The van der Waals surface area contributed by atoms with Crippen molar-refractivity contribution < 1.29 is 0 Å². The second-order valence-corrected chi connectivity index (χ2v) is 6.67. The van der Waals surface area contributed by atoms with Crippen molar-refractivity contribution in [3.05, 3.63) is 56.2 Å². The average molecular weight is 328 g/mol. The Morgan fingerprint density at radius 2 is 2.10 bits per heavy atom. The molecule has 1 aromatic carbocycles. The quantitative estimate of drug-likeness (QED) is 0.684.